The van der Waals surface area contributed by atoms with E-state index in [0.29, 0.717) is 5.75 Å². The molecule has 2 aromatic rings. The van der Waals surface area contributed by atoms with Crippen LogP contribution in [0.4, 0.5) is 0 Å². The van der Waals surface area contributed by atoms with Gasteiger partial charge in [-0.15, -0.1) is 0 Å². The van der Waals surface area contributed by atoms with Crippen molar-refractivity contribution in [3.8, 4) is 5.75 Å². The van der Waals surface area contributed by atoms with Crippen molar-refractivity contribution in [2.75, 3.05) is 7.11 Å². The summed E-state index contributed by atoms with van der Waals surface area (Å²) in [6.45, 7) is 8.11. The molecule has 130 valence electrons. The smallest absolute Gasteiger partial charge is 0.241 e. The highest BCUT2D eigenvalue weighted by molar-refractivity contribution is 7.89. The Bertz CT molecular complexity index is 790. The van der Waals surface area contributed by atoms with E-state index >= 15 is 0 Å². The summed E-state index contributed by atoms with van der Waals surface area (Å²) >= 11 is 0. The second-order valence-electron chi connectivity index (χ2n) is 6.89. The van der Waals surface area contributed by atoms with E-state index in [2.05, 4.69) is 25.5 Å². The van der Waals surface area contributed by atoms with Crippen molar-refractivity contribution < 1.29 is 13.2 Å². The normalized spacial score (nSPS) is 13.5. The summed E-state index contributed by atoms with van der Waals surface area (Å²) < 4.78 is 33.1. The van der Waals surface area contributed by atoms with Gasteiger partial charge in [0.1, 0.15) is 5.75 Å². The zero-order chi connectivity index (χ0) is 18.0. The first-order valence-corrected chi connectivity index (χ1v) is 9.38. The molecule has 0 radical (unpaired) electrons. The maximum atomic E-state index is 12.6. The molecule has 1 unspecified atom stereocenters. The van der Waals surface area contributed by atoms with Crippen LogP contribution in [0.1, 0.15) is 44.9 Å². The summed E-state index contributed by atoms with van der Waals surface area (Å²) in [5, 5.41) is 0. The van der Waals surface area contributed by atoms with Crippen molar-refractivity contribution in [3.63, 3.8) is 0 Å². The third-order valence-corrected chi connectivity index (χ3v) is 5.51. The van der Waals surface area contributed by atoms with Gasteiger partial charge in [-0.05, 0) is 47.7 Å². The molecular formula is C19H25NO3S. The number of methoxy groups -OCH3 is 1. The average molecular weight is 347 g/mol. The van der Waals surface area contributed by atoms with Crippen LogP contribution in [-0.2, 0) is 15.4 Å². The molecule has 2 aromatic carbocycles. The molecule has 0 fully saturated rings. The molecule has 0 spiro atoms. The minimum absolute atomic E-state index is 0.0103. The third kappa shape index (κ3) is 4.36. The SMILES string of the molecule is COc1cccc(C(C)NS(=O)(=O)c2ccc(C(C)(C)C)cc2)c1. The molecule has 0 aromatic heterocycles. The molecule has 5 heteroatoms. The van der Waals surface area contributed by atoms with E-state index in [4.69, 9.17) is 4.74 Å². The number of benzene rings is 2. The fourth-order valence-corrected chi connectivity index (χ4v) is 3.65. The Labute approximate surface area is 144 Å². The van der Waals surface area contributed by atoms with Gasteiger partial charge in [-0.2, -0.15) is 0 Å². The van der Waals surface area contributed by atoms with E-state index in [1.807, 2.05) is 43.3 Å². The van der Waals surface area contributed by atoms with Crippen LogP contribution in [0.15, 0.2) is 53.4 Å². The number of rotatable bonds is 5. The van der Waals surface area contributed by atoms with Crippen molar-refractivity contribution in [3.05, 3.63) is 59.7 Å². The quantitative estimate of drug-likeness (QED) is 0.888. The standard InChI is InChI=1S/C19H25NO3S/c1-14(15-7-6-8-17(13-15)23-5)20-24(21,22)18-11-9-16(10-12-18)19(2,3)4/h6-14,20H,1-5H3. The average Bonchev–Trinajstić information content (AvgIpc) is 2.54. The summed E-state index contributed by atoms with van der Waals surface area (Å²) in [6.07, 6.45) is 0. The number of ether oxygens (including phenoxy) is 1. The molecule has 0 bridgehead atoms. The highest BCUT2D eigenvalue weighted by atomic mass is 32.2. The Morgan fingerprint density at radius 3 is 2.21 bits per heavy atom. The Hall–Kier alpha value is -1.85. The van der Waals surface area contributed by atoms with Crippen LogP contribution in [0.25, 0.3) is 0 Å². The van der Waals surface area contributed by atoms with Gasteiger partial charge in [0.2, 0.25) is 10.0 Å². The second kappa shape index (κ2) is 6.95. The number of sulfonamides is 1. The van der Waals surface area contributed by atoms with Crippen molar-refractivity contribution >= 4 is 10.0 Å². The van der Waals surface area contributed by atoms with Crippen LogP contribution in [0.3, 0.4) is 0 Å². The molecule has 0 saturated heterocycles. The van der Waals surface area contributed by atoms with Crippen LogP contribution >= 0.6 is 0 Å². The fourth-order valence-electron chi connectivity index (χ4n) is 2.41. The first-order valence-electron chi connectivity index (χ1n) is 7.90. The molecule has 1 atom stereocenters. The minimum Gasteiger partial charge on any atom is -0.497 e. The molecule has 0 aliphatic rings. The lowest BCUT2D eigenvalue weighted by Crippen LogP contribution is -2.27. The lowest BCUT2D eigenvalue weighted by Gasteiger charge is -2.20. The van der Waals surface area contributed by atoms with Gasteiger partial charge in [-0.1, -0.05) is 45.0 Å². The number of nitrogens with one attached hydrogen (secondary N) is 1. The third-order valence-electron chi connectivity index (χ3n) is 3.96. The van der Waals surface area contributed by atoms with Gasteiger partial charge in [-0.3, -0.25) is 0 Å². The van der Waals surface area contributed by atoms with E-state index in [1.165, 1.54) is 0 Å². The van der Waals surface area contributed by atoms with E-state index in [1.54, 1.807) is 19.2 Å². The number of hydrogen-bond donors (Lipinski definition) is 1. The van der Waals surface area contributed by atoms with E-state index in [9.17, 15) is 8.42 Å². The Morgan fingerprint density at radius 2 is 1.67 bits per heavy atom. The zero-order valence-corrected chi connectivity index (χ0v) is 15.6. The Morgan fingerprint density at radius 1 is 1.04 bits per heavy atom. The zero-order valence-electron chi connectivity index (χ0n) is 14.8. The summed E-state index contributed by atoms with van der Waals surface area (Å²) in [6, 6.07) is 14.1. The molecule has 1 N–H and O–H groups in total. The summed E-state index contributed by atoms with van der Waals surface area (Å²) in [4.78, 5) is 0.269. The van der Waals surface area contributed by atoms with Gasteiger partial charge in [-0.25, -0.2) is 13.1 Å². The van der Waals surface area contributed by atoms with Crippen molar-refractivity contribution in [1.82, 2.24) is 4.72 Å². The molecular weight excluding hydrogens is 322 g/mol. The predicted octanol–water partition coefficient (Wildman–Crippen LogP) is 4.03. The van der Waals surface area contributed by atoms with Crippen molar-refractivity contribution in [2.24, 2.45) is 0 Å². The van der Waals surface area contributed by atoms with Crippen LogP contribution in [-0.4, -0.2) is 15.5 Å². The van der Waals surface area contributed by atoms with Crippen LogP contribution in [0, 0.1) is 0 Å². The van der Waals surface area contributed by atoms with Gasteiger partial charge in [0.25, 0.3) is 0 Å². The molecule has 0 heterocycles. The molecule has 4 nitrogen and oxygen atoms in total. The van der Waals surface area contributed by atoms with Gasteiger partial charge in [0.05, 0.1) is 12.0 Å². The van der Waals surface area contributed by atoms with Crippen LogP contribution in [0.5, 0.6) is 5.75 Å². The maximum Gasteiger partial charge on any atom is 0.241 e. The highest BCUT2D eigenvalue weighted by Crippen LogP contribution is 2.25. The van der Waals surface area contributed by atoms with Gasteiger partial charge >= 0.3 is 0 Å². The summed E-state index contributed by atoms with van der Waals surface area (Å²) in [5.74, 6) is 0.702. The molecule has 0 amide bonds. The lowest BCUT2D eigenvalue weighted by molar-refractivity contribution is 0.413. The van der Waals surface area contributed by atoms with E-state index in [0.717, 1.165) is 11.1 Å². The molecule has 0 saturated carbocycles. The van der Waals surface area contributed by atoms with Crippen LogP contribution in [0.2, 0.25) is 0 Å². The van der Waals surface area contributed by atoms with Gasteiger partial charge in [0.15, 0.2) is 0 Å². The van der Waals surface area contributed by atoms with Crippen molar-refractivity contribution in [1.29, 1.82) is 0 Å². The monoisotopic (exact) mass is 347 g/mol. The van der Waals surface area contributed by atoms with Crippen molar-refractivity contribution in [2.45, 2.75) is 44.0 Å². The van der Waals surface area contributed by atoms with Crippen LogP contribution < -0.4 is 9.46 Å². The summed E-state index contributed by atoms with van der Waals surface area (Å²) in [7, 11) is -1.99. The minimum atomic E-state index is -3.58. The van der Waals surface area contributed by atoms with Gasteiger partial charge < -0.3 is 4.74 Å². The predicted molar refractivity (Wildman–Crippen MR) is 96.9 cm³/mol. The molecule has 0 aliphatic carbocycles. The fraction of sp³-hybridized carbons (Fsp3) is 0.368. The maximum absolute atomic E-state index is 12.6. The molecule has 24 heavy (non-hydrogen) atoms. The largest absolute Gasteiger partial charge is 0.497 e. The molecule has 0 aliphatic heterocycles. The first kappa shape index (κ1) is 18.5. The lowest BCUT2D eigenvalue weighted by atomic mass is 9.87. The van der Waals surface area contributed by atoms with E-state index in [-0.39, 0.29) is 16.4 Å². The topological polar surface area (TPSA) is 55.4 Å². The Kier molecular flexibility index (Phi) is 5.35. The number of hydrogen-bond acceptors (Lipinski definition) is 3. The first-order chi connectivity index (χ1) is 11.1. The molecule has 2 rings (SSSR count). The second-order valence-corrected chi connectivity index (χ2v) is 8.61. The Balaban J connectivity index is 2.21. The van der Waals surface area contributed by atoms with Gasteiger partial charge in [0, 0.05) is 6.04 Å². The summed E-state index contributed by atoms with van der Waals surface area (Å²) in [5.41, 5.74) is 1.94. The van der Waals surface area contributed by atoms with E-state index < -0.39 is 10.0 Å². The highest BCUT2D eigenvalue weighted by Gasteiger charge is 2.20.